The van der Waals surface area contributed by atoms with Gasteiger partial charge in [-0.15, -0.1) is 5.10 Å². The molecule has 2 aromatic rings. The zero-order chi connectivity index (χ0) is 13.9. The van der Waals surface area contributed by atoms with Gasteiger partial charge in [0.1, 0.15) is 5.82 Å². The molecule has 0 radical (unpaired) electrons. The largest absolute Gasteiger partial charge is 0.366 e. The van der Waals surface area contributed by atoms with Gasteiger partial charge in [0.05, 0.1) is 0 Å². The van der Waals surface area contributed by atoms with E-state index in [9.17, 15) is 4.39 Å². The van der Waals surface area contributed by atoms with Crippen LogP contribution >= 0.6 is 0 Å². The minimum Gasteiger partial charge on any atom is -0.366 e. The number of H-pyrrole nitrogens is 1. The van der Waals surface area contributed by atoms with Gasteiger partial charge < -0.3 is 10.6 Å². The highest BCUT2D eigenvalue weighted by molar-refractivity contribution is 5.34. The molecule has 1 saturated heterocycles. The summed E-state index contributed by atoms with van der Waals surface area (Å²) in [6.45, 7) is 4.44. The van der Waals surface area contributed by atoms with Gasteiger partial charge in [-0.05, 0) is 17.7 Å². The molecule has 0 atom stereocenters. The third kappa shape index (κ3) is 2.88. The topological polar surface area (TPSA) is 74.1 Å². The van der Waals surface area contributed by atoms with Crippen LogP contribution in [0, 0.1) is 5.82 Å². The summed E-state index contributed by atoms with van der Waals surface area (Å²) >= 11 is 0. The zero-order valence-electron chi connectivity index (χ0n) is 11.1. The highest BCUT2D eigenvalue weighted by Crippen LogP contribution is 2.13. The summed E-state index contributed by atoms with van der Waals surface area (Å²) in [4.78, 5) is 8.60. The fourth-order valence-corrected chi connectivity index (χ4v) is 2.37. The lowest BCUT2D eigenvalue weighted by Crippen LogP contribution is -2.46. The van der Waals surface area contributed by atoms with Gasteiger partial charge in [-0.1, -0.05) is 12.1 Å². The van der Waals surface area contributed by atoms with Crippen molar-refractivity contribution in [2.75, 3.05) is 36.8 Å². The van der Waals surface area contributed by atoms with Crippen LogP contribution in [0.25, 0.3) is 0 Å². The van der Waals surface area contributed by atoms with E-state index in [1.165, 1.54) is 12.1 Å². The first-order valence-electron chi connectivity index (χ1n) is 6.60. The second-order valence-electron chi connectivity index (χ2n) is 4.91. The maximum atomic E-state index is 12.9. The number of anilines is 2. The van der Waals surface area contributed by atoms with Crippen LogP contribution in [-0.2, 0) is 6.54 Å². The van der Waals surface area contributed by atoms with Gasteiger partial charge >= 0.3 is 0 Å². The molecule has 20 heavy (non-hydrogen) atoms. The van der Waals surface area contributed by atoms with Crippen LogP contribution in [0.2, 0.25) is 0 Å². The summed E-state index contributed by atoms with van der Waals surface area (Å²) < 4.78 is 12.9. The fourth-order valence-electron chi connectivity index (χ4n) is 2.37. The lowest BCUT2D eigenvalue weighted by atomic mass is 10.2. The molecule has 0 spiro atoms. The van der Waals surface area contributed by atoms with E-state index in [2.05, 4.69) is 25.0 Å². The Kier molecular flexibility index (Phi) is 3.51. The van der Waals surface area contributed by atoms with Crippen molar-refractivity contribution in [2.24, 2.45) is 0 Å². The molecular formula is C13H17FN6. The summed E-state index contributed by atoms with van der Waals surface area (Å²) in [7, 11) is 0. The van der Waals surface area contributed by atoms with E-state index < -0.39 is 0 Å². The number of aromatic nitrogens is 3. The van der Waals surface area contributed by atoms with Gasteiger partial charge in [0, 0.05) is 32.7 Å². The van der Waals surface area contributed by atoms with Crippen LogP contribution in [0.4, 0.5) is 16.3 Å². The molecule has 0 aliphatic carbocycles. The van der Waals surface area contributed by atoms with E-state index in [-0.39, 0.29) is 11.8 Å². The molecule has 1 aromatic carbocycles. The Morgan fingerprint density at radius 3 is 2.45 bits per heavy atom. The zero-order valence-corrected chi connectivity index (χ0v) is 11.1. The number of nitrogens with zero attached hydrogens (tertiary/aromatic N) is 4. The Hall–Kier alpha value is -2.15. The average molecular weight is 276 g/mol. The second kappa shape index (κ2) is 5.46. The standard InChI is InChI=1S/C13H17FN6/c14-11-3-1-10(2-4-11)9-19-5-7-20(8-6-19)13-16-12(15)17-18-13/h1-4H,5-9H2,(H3,15,16,17,18). The van der Waals surface area contributed by atoms with Crippen LogP contribution in [0.15, 0.2) is 24.3 Å². The normalized spacial score (nSPS) is 16.6. The Bertz CT molecular complexity index is 558. The number of hydrogen-bond acceptors (Lipinski definition) is 5. The summed E-state index contributed by atoms with van der Waals surface area (Å²) in [6.07, 6.45) is 0. The molecular weight excluding hydrogens is 259 g/mol. The molecule has 0 bridgehead atoms. The fraction of sp³-hybridized carbons (Fsp3) is 0.385. The van der Waals surface area contributed by atoms with Gasteiger partial charge in [0.15, 0.2) is 0 Å². The molecule has 1 aromatic heterocycles. The molecule has 106 valence electrons. The van der Waals surface area contributed by atoms with Crippen molar-refractivity contribution in [3.8, 4) is 0 Å². The highest BCUT2D eigenvalue weighted by Gasteiger charge is 2.19. The molecule has 7 heteroatoms. The van der Waals surface area contributed by atoms with Gasteiger partial charge in [0.2, 0.25) is 11.9 Å². The number of benzene rings is 1. The smallest absolute Gasteiger partial charge is 0.241 e. The van der Waals surface area contributed by atoms with Gasteiger partial charge in [-0.3, -0.25) is 4.90 Å². The SMILES string of the molecule is Nc1n[nH]c(N2CCN(Cc3ccc(F)cc3)CC2)n1. The second-order valence-corrected chi connectivity index (χ2v) is 4.91. The molecule has 6 nitrogen and oxygen atoms in total. The van der Waals surface area contributed by atoms with E-state index in [1.807, 2.05) is 12.1 Å². The van der Waals surface area contributed by atoms with Gasteiger partial charge in [-0.2, -0.15) is 4.98 Å². The van der Waals surface area contributed by atoms with Crippen LogP contribution in [0.1, 0.15) is 5.56 Å². The minimum atomic E-state index is -0.193. The Morgan fingerprint density at radius 1 is 1.15 bits per heavy atom. The van der Waals surface area contributed by atoms with Crippen LogP contribution < -0.4 is 10.6 Å². The minimum absolute atomic E-state index is 0.193. The number of nitrogens with one attached hydrogen (secondary N) is 1. The van der Waals surface area contributed by atoms with Crippen molar-refractivity contribution in [2.45, 2.75) is 6.54 Å². The quantitative estimate of drug-likeness (QED) is 0.869. The summed E-state index contributed by atoms with van der Waals surface area (Å²) in [6, 6.07) is 6.67. The van der Waals surface area contributed by atoms with Crippen molar-refractivity contribution in [3.63, 3.8) is 0 Å². The lowest BCUT2D eigenvalue weighted by molar-refractivity contribution is 0.248. The van der Waals surface area contributed by atoms with Crippen molar-refractivity contribution in [1.29, 1.82) is 0 Å². The van der Waals surface area contributed by atoms with Crippen molar-refractivity contribution in [1.82, 2.24) is 20.1 Å². The van der Waals surface area contributed by atoms with Crippen LogP contribution in [0.5, 0.6) is 0 Å². The molecule has 1 aliphatic rings. The Balaban J connectivity index is 1.54. The maximum absolute atomic E-state index is 12.9. The summed E-state index contributed by atoms with van der Waals surface area (Å²) in [5.41, 5.74) is 6.63. The molecule has 2 heterocycles. The molecule has 3 N–H and O–H groups in total. The number of aromatic amines is 1. The molecule has 0 amide bonds. The van der Waals surface area contributed by atoms with Gasteiger partial charge in [-0.25, -0.2) is 9.49 Å². The molecule has 0 saturated carbocycles. The first-order chi connectivity index (χ1) is 9.70. The van der Waals surface area contributed by atoms with E-state index in [4.69, 9.17) is 5.73 Å². The molecule has 1 fully saturated rings. The number of nitrogens with two attached hydrogens (primary N) is 1. The number of rotatable bonds is 3. The summed E-state index contributed by atoms with van der Waals surface area (Å²) in [5, 5.41) is 6.66. The molecule has 1 aliphatic heterocycles. The number of hydrogen-bond donors (Lipinski definition) is 2. The van der Waals surface area contributed by atoms with Crippen molar-refractivity contribution >= 4 is 11.9 Å². The van der Waals surface area contributed by atoms with E-state index in [0.29, 0.717) is 0 Å². The highest BCUT2D eigenvalue weighted by atomic mass is 19.1. The Morgan fingerprint density at radius 2 is 1.85 bits per heavy atom. The number of piperazine rings is 1. The predicted molar refractivity (Wildman–Crippen MR) is 74.7 cm³/mol. The third-order valence-corrected chi connectivity index (χ3v) is 3.48. The monoisotopic (exact) mass is 276 g/mol. The first-order valence-corrected chi connectivity index (χ1v) is 6.60. The Labute approximate surface area is 116 Å². The lowest BCUT2D eigenvalue weighted by Gasteiger charge is -2.34. The van der Waals surface area contributed by atoms with Crippen molar-refractivity contribution < 1.29 is 4.39 Å². The summed E-state index contributed by atoms with van der Waals surface area (Å²) in [5.74, 6) is 0.805. The van der Waals surface area contributed by atoms with E-state index in [0.717, 1.165) is 44.2 Å². The predicted octanol–water partition coefficient (Wildman–Crippen LogP) is 0.848. The van der Waals surface area contributed by atoms with E-state index in [1.54, 1.807) is 0 Å². The first kappa shape index (κ1) is 12.9. The van der Waals surface area contributed by atoms with Gasteiger partial charge in [0.25, 0.3) is 0 Å². The van der Waals surface area contributed by atoms with Crippen molar-refractivity contribution in [3.05, 3.63) is 35.6 Å². The van der Waals surface area contributed by atoms with Crippen LogP contribution in [0.3, 0.4) is 0 Å². The van der Waals surface area contributed by atoms with E-state index >= 15 is 0 Å². The third-order valence-electron chi connectivity index (χ3n) is 3.48. The maximum Gasteiger partial charge on any atom is 0.241 e. The number of nitrogen functional groups attached to an aromatic ring is 1. The molecule has 3 rings (SSSR count). The average Bonchev–Trinajstić information content (AvgIpc) is 2.89. The number of halogens is 1. The van der Waals surface area contributed by atoms with Crippen LogP contribution in [-0.4, -0.2) is 46.3 Å². The molecule has 0 unspecified atom stereocenters.